The van der Waals surface area contributed by atoms with Crippen molar-refractivity contribution in [1.82, 2.24) is 4.90 Å². The maximum absolute atomic E-state index is 12.3. The number of β-lactam (4-membered cyclic amide) rings is 1. The molecule has 0 bridgehead atoms. The summed E-state index contributed by atoms with van der Waals surface area (Å²) in [5.74, 6) is -1.23. The Balaban J connectivity index is 2.33. The van der Waals surface area contributed by atoms with Gasteiger partial charge in [-0.15, -0.1) is 11.8 Å². The number of ketones is 1. The molecule has 0 aliphatic carbocycles. The molecule has 1 fully saturated rings. The summed E-state index contributed by atoms with van der Waals surface area (Å²) in [4.78, 5) is 36.7. The Kier molecular flexibility index (Phi) is 3.93. The third kappa shape index (κ3) is 2.60. The Morgan fingerprint density at radius 3 is 2.60 bits per heavy atom. The fourth-order valence-electron chi connectivity index (χ4n) is 2.02. The Labute approximate surface area is 121 Å². The Bertz CT molecular complexity index is 505. The topological polar surface area (TPSA) is 72.9 Å². The number of fused-ring (bicyclic) bond motifs is 1. The van der Waals surface area contributed by atoms with Crippen molar-refractivity contribution in [2.24, 2.45) is 0 Å². The second-order valence-corrected chi connectivity index (χ2v) is 6.66. The molecule has 0 radical (unpaired) electrons. The second kappa shape index (κ2) is 5.21. The van der Waals surface area contributed by atoms with E-state index in [9.17, 15) is 14.4 Å². The molecule has 110 valence electrons. The zero-order valence-electron chi connectivity index (χ0n) is 11.9. The lowest BCUT2D eigenvalue weighted by Gasteiger charge is -2.42. The van der Waals surface area contributed by atoms with Crippen molar-refractivity contribution in [3.63, 3.8) is 0 Å². The lowest BCUT2D eigenvalue weighted by Crippen LogP contribution is -2.62. The van der Waals surface area contributed by atoms with Gasteiger partial charge in [-0.25, -0.2) is 4.79 Å². The van der Waals surface area contributed by atoms with Crippen LogP contribution in [-0.4, -0.2) is 53.0 Å². The molecule has 2 rings (SSSR count). The van der Waals surface area contributed by atoms with E-state index in [1.165, 1.54) is 23.8 Å². The summed E-state index contributed by atoms with van der Waals surface area (Å²) < 4.78 is 10.4. The summed E-state index contributed by atoms with van der Waals surface area (Å²) in [6.45, 7) is 5.48. The number of Topliss-reactive ketones (excluding diaryl/α,β-unsaturated/α-hetero) is 1. The first kappa shape index (κ1) is 15.1. The monoisotopic (exact) mass is 299 g/mol. The predicted octanol–water partition coefficient (Wildman–Crippen LogP) is 0.713. The molecular weight excluding hydrogens is 282 g/mol. The molecule has 0 aromatic heterocycles. The van der Waals surface area contributed by atoms with E-state index in [1.807, 2.05) is 0 Å². The van der Waals surface area contributed by atoms with E-state index in [1.54, 1.807) is 20.8 Å². The summed E-state index contributed by atoms with van der Waals surface area (Å²) in [7, 11) is 1.51. The number of hydrogen-bond donors (Lipinski definition) is 0. The maximum atomic E-state index is 12.3. The van der Waals surface area contributed by atoms with Crippen LogP contribution in [-0.2, 0) is 23.9 Å². The van der Waals surface area contributed by atoms with Gasteiger partial charge >= 0.3 is 5.97 Å². The third-order valence-corrected chi connectivity index (χ3v) is 4.05. The summed E-state index contributed by atoms with van der Waals surface area (Å²) in [5, 5.41) is -0.592. The molecule has 6 nitrogen and oxygen atoms in total. The summed E-state index contributed by atoms with van der Waals surface area (Å²) in [5.41, 5.74) is 0.166. The van der Waals surface area contributed by atoms with Crippen molar-refractivity contribution in [3.05, 3.63) is 11.3 Å². The molecule has 1 amide bonds. The number of esters is 1. The highest BCUT2D eigenvalue weighted by atomic mass is 32.2. The molecule has 1 saturated heterocycles. The number of ether oxygens (including phenoxy) is 2. The van der Waals surface area contributed by atoms with Crippen LogP contribution in [0.4, 0.5) is 0 Å². The molecule has 7 heteroatoms. The zero-order valence-corrected chi connectivity index (χ0v) is 12.7. The van der Waals surface area contributed by atoms with Gasteiger partial charge in [-0.2, -0.15) is 0 Å². The molecule has 20 heavy (non-hydrogen) atoms. The smallest absolute Gasteiger partial charge is 0.355 e. The molecule has 0 aromatic rings. The van der Waals surface area contributed by atoms with Gasteiger partial charge in [-0.05, 0) is 26.3 Å². The van der Waals surface area contributed by atoms with Crippen LogP contribution < -0.4 is 0 Å². The van der Waals surface area contributed by atoms with Crippen molar-refractivity contribution in [2.45, 2.75) is 31.7 Å². The maximum Gasteiger partial charge on any atom is 0.355 e. The highest BCUT2D eigenvalue weighted by Crippen LogP contribution is 2.38. The van der Waals surface area contributed by atoms with E-state index < -0.39 is 28.6 Å². The first-order valence-corrected chi connectivity index (χ1v) is 7.24. The van der Waals surface area contributed by atoms with Gasteiger partial charge in [0.15, 0.2) is 5.37 Å². The molecule has 0 unspecified atom stereocenters. The summed E-state index contributed by atoms with van der Waals surface area (Å²) in [6, 6.07) is 0. The minimum absolute atomic E-state index is 0.162. The predicted molar refractivity (Wildman–Crippen MR) is 72.8 cm³/mol. The fraction of sp³-hybridized carbons (Fsp3) is 0.615. The minimum atomic E-state index is -0.666. The number of amides is 1. The number of hydrogen-bond acceptors (Lipinski definition) is 6. The Hall–Kier alpha value is -1.34. The average Bonchev–Trinajstić information content (AvgIpc) is 2.35. The van der Waals surface area contributed by atoms with Crippen molar-refractivity contribution in [3.8, 4) is 0 Å². The first-order valence-electron chi connectivity index (χ1n) is 6.19. The second-order valence-electron chi connectivity index (χ2n) is 5.59. The molecule has 0 spiro atoms. The van der Waals surface area contributed by atoms with Gasteiger partial charge in [-0.1, -0.05) is 0 Å². The number of rotatable bonds is 3. The average molecular weight is 299 g/mol. The highest BCUT2D eigenvalue weighted by Gasteiger charge is 2.53. The Morgan fingerprint density at radius 2 is 2.05 bits per heavy atom. The van der Waals surface area contributed by atoms with Crippen LogP contribution in [0.5, 0.6) is 0 Å². The van der Waals surface area contributed by atoms with Gasteiger partial charge in [-0.3, -0.25) is 14.5 Å². The number of nitrogens with zero attached hydrogens (tertiary/aromatic N) is 1. The van der Waals surface area contributed by atoms with E-state index in [2.05, 4.69) is 0 Å². The van der Waals surface area contributed by atoms with Gasteiger partial charge < -0.3 is 9.47 Å². The lowest BCUT2D eigenvalue weighted by molar-refractivity contribution is -0.161. The van der Waals surface area contributed by atoms with E-state index in [0.29, 0.717) is 11.3 Å². The number of methoxy groups -OCH3 is 1. The van der Waals surface area contributed by atoms with Crippen LogP contribution in [0.1, 0.15) is 20.8 Å². The number of carbonyl (C=O) groups is 3. The summed E-state index contributed by atoms with van der Waals surface area (Å²) in [6.07, 6.45) is 0. The number of thioether (sulfide) groups is 1. The van der Waals surface area contributed by atoms with Crippen LogP contribution in [0.3, 0.4) is 0 Å². The number of carbonyl (C=O) groups excluding carboxylic acids is 3. The van der Waals surface area contributed by atoms with Crippen molar-refractivity contribution in [1.29, 1.82) is 0 Å². The molecule has 0 N–H and O–H groups in total. The lowest BCUT2D eigenvalue weighted by atomic mass is 10.1. The van der Waals surface area contributed by atoms with E-state index in [0.717, 1.165) is 0 Å². The van der Waals surface area contributed by atoms with Crippen LogP contribution in [0, 0.1) is 0 Å². The van der Waals surface area contributed by atoms with Crippen molar-refractivity contribution < 1.29 is 23.9 Å². The van der Waals surface area contributed by atoms with Crippen LogP contribution in [0.15, 0.2) is 11.3 Å². The minimum Gasteiger partial charge on any atom is -0.455 e. The van der Waals surface area contributed by atoms with Crippen molar-refractivity contribution >= 4 is 29.4 Å². The third-order valence-electron chi connectivity index (χ3n) is 2.79. The quantitative estimate of drug-likeness (QED) is 0.434. The largest absolute Gasteiger partial charge is 0.455 e. The zero-order chi connectivity index (χ0) is 15.1. The van der Waals surface area contributed by atoms with Gasteiger partial charge in [0.05, 0.1) is 6.61 Å². The van der Waals surface area contributed by atoms with Crippen molar-refractivity contribution in [2.75, 3.05) is 19.5 Å². The molecule has 2 aliphatic heterocycles. The van der Waals surface area contributed by atoms with Crippen LogP contribution in [0.25, 0.3) is 0 Å². The van der Waals surface area contributed by atoms with E-state index >= 15 is 0 Å². The first-order chi connectivity index (χ1) is 9.26. The summed E-state index contributed by atoms with van der Waals surface area (Å²) >= 11 is 1.32. The molecule has 2 heterocycles. The van der Waals surface area contributed by atoms with Crippen LogP contribution in [0.2, 0.25) is 0 Å². The SMILES string of the molecule is COCC1=C(C(=O)OC(C)(C)C)N2C(=O)C(=O)[C@@H]2SC1. The van der Waals surface area contributed by atoms with E-state index in [4.69, 9.17) is 9.47 Å². The van der Waals surface area contributed by atoms with Gasteiger partial charge in [0, 0.05) is 12.9 Å². The van der Waals surface area contributed by atoms with Gasteiger partial charge in [0.25, 0.3) is 11.7 Å². The van der Waals surface area contributed by atoms with Gasteiger partial charge in [0.1, 0.15) is 11.3 Å². The standard InChI is InChI=1S/C13H17NO5S/c1-13(2,3)19-12(17)8-7(5-18-4)6-20-11-9(15)10(16)14(8)11/h11H,5-6H2,1-4H3/t11-/m0/s1. The molecule has 1 atom stereocenters. The normalized spacial score (nSPS) is 22.6. The fourth-order valence-corrected chi connectivity index (χ4v) is 3.20. The molecule has 0 aromatic carbocycles. The van der Waals surface area contributed by atoms with Gasteiger partial charge in [0.2, 0.25) is 0 Å². The molecule has 2 aliphatic rings. The van der Waals surface area contributed by atoms with E-state index in [-0.39, 0.29) is 12.3 Å². The Morgan fingerprint density at radius 1 is 1.40 bits per heavy atom. The molecule has 0 saturated carbocycles. The molecular formula is C13H17NO5S. The highest BCUT2D eigenvalue weighted by molar-refractivity contribution is 8.01. The van der Waals surface area contributed by atoms with Crippen LogP contribution >= 0.6 is 11.8 Å².